The third kappa shape index (κ3) is 4.87. The topological polar surface area (TPSA) is 54.7 Å². The Kier molecular flexibility index (Phi) is 5.96. The van der Waals surface area contributed by atoms with Crippen LogP contribution in [-0.2, 0) is 0 Å². The number of methoxy groups -OCH3 is 1. The van der Waals surface area contributed by atoms with Gasteiger partial charge in [-0.15, -0.1) is 0 Å². The lowest BCUT2D eigenvalue weighted by molar-refractivity contribution is 0.240. The molecule has 4 rings (SSSR count). The third-order valence-corrected chi connectivity index (χ3v) is 5.37. The first-order valence-corrected chi connectivity index (χ1v) is 10.0. The summed E-state index contributed by atoms with van der Waals surface area (Å²) in [6.45, 7) is 3.01. The van der Waals surface area contributed by atoms with Crippen molar-refractivity contribution in [3.63, 3.8) is 0 Å². The maximum atomic E-state index is 11.9. The molecule has 5 nitrogen and oxygen atoms in total. The number of nitrogens with zero attached hydrogens (tertiary/aromatic N) is 1. The summed E-state index contributed by atoms with van der Waals surface area (Å²) >= 11 is 0. The monoisotopic (exact) mass is 390 g/mol. The molecule has 1 aliphatic heterocycles. The molecule has 5 heteroatoms. The molecule has 0 saturated carbocycles. The van der Waals surface area contributed by atoms with E-state index in [9.17, 15) is 4.79 Å². The first-order chi connectivity index (χ1) is 14.2. The Morgan fingerprint density at radius 1 is 1.14 bits per heavy atom. The van der Waals surface area contributed by atoms with E-state index in [0.29, 0.717) is 11.6 Å². The highest BCUT2D eigenvalue weighted by atomic mass is 16.5. The molecular weight excluding hydrogens is 364 g/mol. The highest BCUT2D eigenvalue weighted by molar-refractivity contribution is 5.90. The first kappa shape index (κ1) is 19.3. The molecule has 1 aromatic heterocycles. The van der Waals surface area contributed by atoms with E-state index in [4.69, 9.17) is 9.15 Å². The molecule has 2 aromatic carbocycles. The number of fused-ring (bicyclic) bond motifs is 1. The second-order valence-corrected chi connectivity index (χ2v) is 7.37. The van der Waals surface area contributed by atoms with Crippen molar-refractivity contribution in [1.82, 2.24) is 4.90 Å². The van der Waals surface area contributed by atoms with Crippen LogP contribution in [0, 0.1) is 0 Å². The van der Waals surface area contributed by atoms with Gasteiger partial charge in [-0.3, -0.25) is 4.90 Å². The van der Waals surface area contributed by atoms with Crippen molar-refractivity contribution < 1.29 is 9.15 Å². The molecule has 1 fully saturated rings. The smallest absolute Gasteiger partial charge is 0.338 e. The number of likely N-dealkylation sites (tertiary alicyclic amines) is 1. The van der Waals surface area contributed by atoms with E-state index in [1.807, 2.05) is 12.1 Å². The largest absolute Gasteiger partial charge is 0.497 e. The highest BCUT2D eigenvalue weighted by Crippen LogP contribution is 2.27. The predicted molar refractivity (Wildman–Crippen MR) is 118 cm³/mol. The zero-order valence-corrected chi connectivity index (χ0v) is 16.6. The van der Waals surface area contributed by atoms with Gasteiger partial charge in [-0.05, 0) is 36.6 Å². The fraction of sp³-hybridized carbons (Fsp3) is 0.292. The molecule has 1 N–H and O–H groups in total. The van der Waals surface area contributed by atoms with Crippen molar-refractivity contribution in [1.29, 1.82) is 0 Å². The van der Waals surface area contributed by atoms with Crippen LogP contribution in [0.3, 0.4) is 0 Å². The van der Waals surface area contributed by atoms with E-state index in [-0.39, 0.29) is 5.63 Å². The van der Waals surface area contributed by atoms with Crippen LogP contribution in [0.2, 0.25) is 0 Å². The number of benzene rings is 2. The standard InChI is InChI=1S/C24H26N2O3/c1-28-20-9-10-23-21(16-20)22(17-24(27)29-23)25-19-11-14-26(15-12-19)13-5-8-18-6-3-2-4-7-18/h2-10,16-17,19,25H,11-15H2,1H3/b8-5+. The number of nitrogens with one attached hydrogen (secondary N) is 1. The van der Waals surface area contributed by atoms with Gasteiger partial charge in [-0.2, -0.15) is 0 Å². The number of rotatable bonds is 6. The summed E-state index contributed by atoms with van der Waals surface area (Å²) in [5.74, 6) is 0.745. The van der Waals surface area contributed by atoms with Gasteiger partial charge in [-0.1, -0.05) is 42.5 Å². The minimum Gasteiger partial charge on any atom is -0.497 e. The summed E-state index contributed by atoms with van der Waals surface area (Å²) in [6.07, 6.45) is 6.47. The molecule has 29 heavy (non-hydrogen) atoms. The maximum absolute atomic E-state index is 11.9. The van der Waals surface area contributed by atoms with Gasteiger partial charge in [0, 0.05) is 37.1 Å². The van der Waals surface area contributed by atoms with E-state index < -0.39 is 0 Å². The summed E-state index contributed by atoms with van der Waals surface area (Å²) in [6, 6.07) is 17.7. The van der Waals surface area contributed by atoms with Crippen LogP contribution >= 0.6 is 0 Å². The molecule has 0 amide bonds. The number of ether oxygens (including phenoxy) is 1. The number of hydrogen-bond donors (Lipinski definition) is 1. The van der Waals surface area contributed by atoms with E-state index in [1.54, 1.807) is 19.2 Å². The van der Waals surface area contributed by atoms with Crippen LogP contribution in [0.25, 0.3) is 17.0 Å². The molecular formula is C24H26N2O3. The number of piperidine rings is 1. The lowest BCUT2D eigenvalue weighted by atomic mass is 10.0. The van der Waals surface area contributed by atoms with E-state index in [0.717, 1.165) is 49.3 Å². The molecule has 0 atom stereocenters. The van der Waals surface area contributed by atoms with Crippen molar-refractivity contribution in [2.24, 2.45) is 0 Å². The molecule has 0 radical (unpaired) electrons. The minimum absolute atomic E-state index is 0.334. The van der Waals surface area contributed by atoms with Gasteiger partial charge < -0.3 is 14.5 Å². The molecule has 0 unspecified atom stereocenters. The lowest BCUT2D eigenvalue weighted by Gasteiger charge is -2.32. The summed E-state index contributed by atoms with van der Waals surface area (Å²) in [4.78, 5) is 14.4. The summed E-state index contributed by atoms with van der Waals surface area (Å²) < 4.78 is 10.6. The molecule has 0 aliphatic carbocycles. The average molecular weight is 390 g/mol. The highest BCUT2D eigenvalue weighted by Gasteiger charge is 2.19. The number of anilines is 1. The molecule has 0 bridgehead atoms. The SMILES string of the molecule is COc1ccc2oc(=O)cc(NC3CCN(C/C=C/c4ccccc4)CC3)c2c1. The van der Waals surface area contributed by atoms with Crippen molar-refractivity contribution in [3.8, 4) is 5.75 Å². The van der Waals surface area contributed by atoms with Crippen molar-refractivity contribution in [2.45, 2.75) is 18.9 Å². The molecule has 1 saturated heterocycles. The fourth-order valence-corrected chi connectivity index (χ4v) is 3.77. The van der Waals surface area contributed by atoms with E-state index in [2.05, 4.69) is 46.6 Å². The van der Waals surface area contributed by atoms with Crippen LogP contribution in [-0.4, -0.2) is 37.7 Å². The van der Waals surface area contributed by atoms with Gasteiger partial charge >= 0.3 is 5.63 Å². The summed E-state index contributed by atoms with van der Waals surface area (Å²) in [5, 5.41) is 4.43. The van der Waals surface area contributed by atoms with Crippen molar-refractivity contribution in [3.05, 3.63) is 76.7 Å². The molecule has 0 spiro atoms. The van der Waals surface area contributed by atoms with E-state index in [1.165, 1.54) is 11.6 Å². The quantitative estimate of drug-likeness (QED) is 0.633. The third-order valence-electron chi connectivity index (χ3n) is 5.37. The fourth-order valence-electron chi connectivity index (χ4n) is 3.77. The summed E-state index contributed by atoms with van der Waals surface area (Å²) in [5.41, 5.74) is 2.28. The zero-order valence-electron chi connectivity index (χ0n) is 16.6. The van der Waals surface area contributed by atoms with Gasteiger partial charge in [0.1, 0.15) is 11.3 Å². The Morgan fingerprint density at radius 2 is 1.93 bits per heavy atom. The molecule has 2 heterocycles. The van der Waals surface area contributed by atoms with Gasteiger partial charge in [0.15, 0.2) is 0 Å². The molecule has 1 aliphatic rings. The second kappa shape index (κ2) is 8.97. The second-order valence-electron chi connectivity index (χ2n) is 7.37. The van der Waals surface area contributed by atoms with Gasteiger partial charge in [0.25, 0.3) is 0 Å². The normalized spacial score (nSPS) is 15.8. The first-order valence-electron chi connectivity index (χ1n) is 10.0. The van der Waals surface area contributed by atoms with Crippen LogP contribution < -0.4 is 15.7 Å². The maximum Gasteiger partial charge on any atom is 0.338 e. The Bertz CT molecular complexity index is 1030. The van der Waals surface area contributed by atoms with Crippen LogP contribution in [0.15, 0.2) is 69.9 Å². The average Bonchev–Trinajstić information content (AvgIpc) is 2.75. The zero-order chi connectivity index (χ0) is 20.1. The Hall–Kier alpha value is -3.05. The Balaban J connectivity index is 1.37. The van der Waals surface area contributed by atoms with Gasteiger partial charge in [0.05, 0.1) is 12.8 Å². The molecule has 150 valence electrons. The van der Waals surface area contributed by atoms with Gasteiger partial charge in [-0.25, -0.2) is 4.79 Å². The van der Waals surface area contributed by atoms with Crippen LogP contribution in [0.4, 0.5) is 5.69 Å². The van der Waals surface area contributed by atoms with Crippen molar-refractivity contribution >= 4 is 22.7 Å². The molecule has 3 aromatic rings. The Labute approximate surface area is 170 Å². The minimum atomic E-state index is -0.339. The Morgan fingerprint density at radius 3 is 2.69 bits per heavy atom. The van der Waals surface area contributed by atoms with Gasteiger partial charge in [0.2, 0.25) is 0 Å². The van der Waals surface area contributed by atoms with E-state index >= 15 is 0 Å². The predicted octanol–water partition coefficient (Wildman–Crippen LogP) is 4.39. The summed E-state index contributed by atoms with van der Waals surface area (Å²) in [7, 11) is 1.63. The lowest BCUT2D eigenvalue weighted by Crippen LogP contribution is -2.39. The van der Waals surface area contributed by atoms with Crippen molar-refractivity contribution in [2.75, 3.05) is 32.1 Å². The van der Waals surface area contributed by atoms with Crippen LogP contribution in [0.1, 0.15) is 18.4 Å². The number of hydrogen-bond acceptors (Lipinski definition) is 5. The van der Waals surface area contributed by atoms with Crippen LogP contribution in [0.5, 0.6) is 5.75 Å².